The molecule has 0 aromatic heterocycles. The van der Waals surface area contributed by atoms with Crippen LogP contribution >= 0.6 is 0 Å². The van der Waals surface area contributed by atoms with Crippen molar-refractivity contribution < 1.29 is 14.3 Å². The van der Waals surface area contributed by atoms with E-state index in [-0.39, 0.29) is 6.61 Å². The lowest BCUT2D eigenvalue weighted by molar-refractivity contribution is -0.137. The highest BCUT2D eigenvalue weighted by molar-refractivity contribution is 6.40. The van der Waals surface area contributed by atoms with Gasteiger partial charge in [-0.2, -0.15) is 5.26 Å². The second kappa shape index (κ2) is 7.02. The van der Waals surface area contributed by atoms with Crippen LogP contribution in [0.25, 0.3) is 6.08 Å². The third-order valence-electron chi connectivity index (χ3n) is 2.15. The number of nitriles is 1. The van der Waals surface area contributed by atoms with Gasteiger partial charge >= 0.3 is 5.97 Å². The molecule has 0 bridgehead atoms. The Labute approximate surface area is 105 Å². The number of rotatable bonds is 5. The topological polar surface area (TPSA) is 67.2 Å². The van der Waals surface area contributed by atoms with Gasteiger partial charge in [0.25, 0.3) is 5.78 Å². The minimum absolute atomic E-state index is 0.180. The second-order valence-electron chi connectivity index (χ2n) is 3.44. The van der Waals surface area contributed by atoms with Gasteiger partial charge in [0.05, 0.1) is 19.1 Å². The van der Waals surface area contributed by atoms with E-state index in [0.717, 1.165) is 5.56 Å². The first kappa shape index (κ1) is 13.7. The molecule has 18 heavy (non-hydrogen) atoms. The maximum Gasteiger partial charge on any atom is 0.379 e. The molecule has 92 valence electrons. The van der Waals surface area contributed by atoms with Crippen LogP contribution in [-0.2, 0) is 9.53 Å². The van der Waals surface area contributed by atoms with Gasteiger partial charge in [-0.15, -0.1) is 0 Å². The van der Waals surface area contributed by atoms with Crippen molar-refractivity contribution in [2.45, 2.75) is 13.3 Å². The fourth-order valence-corrected chi connectivity index (χ4v) is 1.31. The van der Waals surface area contributed by atoms with Crippen molar-refractivity contribution in [3.05, 3.63) is 41.5 Å². The lowest BCUT2D eigenvalue weighted by Crippen LogP contribution is -2.17. The zero-order valence-electron chi connectivity index (χ0n) is 10.1. The summed E-state index contributed by atoms with van der Waals surface area (Å²) in [6.45, 7) is 1.83. The minimum atomic E-state index is -0.842. The van der Waals surface area contributed by atoms with Gasteiger partial charge < -0.3 is 4.74 Å². The molecule has 0 atom stereocenters. The van der Waals surface area contributed by atoms with Crippen molar-refractivity contribution >= 4 is 17.8 Å². The maximum absolute atomic E-state index is 11.6. The van der Waals surface area contributed by atoms with Gasteiger partial charge in [0.15, 0.2) is 0 Å². The van der Waals surface area contributed by atoms with E-state index in [0.29, 0.717) is 12.0 Å². The molecule has 0 aliphatic carbocycles. The third-order valence-corrected chi connectivity index (χ3v) is 2.15. The van der Waals surface area contributed by atoms with E-state index in [1.54, 1.807) is 43.3 Å². The van der Waals surface area contributed by atoms with Crippen molar-refractivity contribution in [3.63, 3.8) is 0 Å². The average molecular weight is 243 g/mol. The molecule has 4 heteroatoms. The van der Waals surface area contributed by atoms with Gasteiger partial charge in [-0.1, -0.05) is 36.4 Å². The number of allylic oxidation sites excluding steroid dienone is 1. The Kier molecular flexibility index (Phi) is 5.33. The number of hydrogen-bond acceptors (Lipinski definition) is 4. The van der Waals surface area contributed by atoms with Gasteiger partial charge in [0.2, 0.25) is 0 Å². The van der Waals surface area contributed by atoms with E-state index in [9.17, 15) is 9.59 Å². The summed E-state index contributed by atoms with van der Waals surface area (Å²) in [5, 5.41) is 8.38. The summed E-state index contributed by atoms with van der Waals surface area (Å²) < 4.78 is 4.63. The summed E-state index contributed by atoms with van der Waals surface area (Å²) in [7, 11) is 0. The van der Waals surface area contributed by atoms with E-state index in [1.165, 1.54) is 0 Å². The van der Waals surface area contributed by atoms with E-state index in [2.05, 4.69) is 4.74 Å². The molecule has 0 N–H and O–H groups in total. The van der Waals surface area contributed by atoms with Gasteiger partial charge in [-0.05, 0) is 12.5 Å². The maximum atomic E-state index is 11.6. The standard InChI is InChI=1S/C14H13NO3/c1-2-18-14(17)13(16)12-8-6-11(7-9-12)5-3-4-10-15/h3,5-9H,2,4H2,1H3. The van der Waals surface area contributed by atoms with Crippen LogP contribution < -0.4 is 0 Å². The first-order chi connectivity index (χ1) is 8.69. The number of carbonyl (C=O) groups is 2. The summed E-state index contributed by atoms with van der Waals surface area (Å²) in [5.74, 6) is -1.49. The summed E-state index contributed by atoms with van der Waals surface area (Å²) in [5.41, 5.74) is 1.16. The van der Waals surface area contributed by atoms with Crippen LogP contribution in [0.3, 0.4) is 0 Å². The van der Waals surface area contributed by atoms with Gasteiger partial charge in [0, 0.05) is 5.56 Å². The first-order valence-electron chi connectivity index (χ1n) is 5.54. The van der Waals surface area contributed by atoms with E-state index >= 15 is 0 Å². The number of hydrogen-bond donors (Lipinski definition) is 0. The number of Topliss-reactive ketones (excluding diaryl/α,β-unsaturated/α-hetero) is 1. The number of nitrogens with zero attached hydrogens (tertiary/aromatic N) is 1. The summed E-state index contributed by atoms with van der Waals surface area (Å²) in [6.07, 6.45) is 3.84. The largest absolute Gasteiger partial charge is 0.460 e. The van der Waals surface area contributed by atoms with E-state index in [4.69, 9.17) is 5.26 Å². The van der Waals surface area contributed by atoms with Crippen LogP contribution in [0, 0.1) is 11.3 Å². The van der Waals surface area contributed by atoms with E-state index in [1.807, 2.05) is 6.07 Å². The number of benzene rings is 1. The van der Waals surface area contributed by atoms with Crippen molar-refractivity contribution in [2.24, 2.45) is 0 Å². The number of ether oxygens (including phenoxy) is 1. The molecular formula is C14H13NO3. The fourth-order valence-electron chi connectivity index (χ4n) is 1.31. The molecule has 0 saturated heterocycles. The predicted molar refractivity (Wildman–Crippen MR) is 66.7 cm³/mol. The molecule has 0 fully saturated rings. The van der Waals surface area contributed by atoms with Crippen molar-refractivity contribution in [3.8, 4) is 6.07 Å². The fraction of sp³-hybridized carbons (Fsp3) is 0.214. The van der Waals surface area contributed by atoms with Gasteiger partial charge in [0.1, 0.15) is 0 Å². The molecule has 0 unspecified atom stereocenters. The molecule has 0 radical (unpaired) electrons. The Bertz CT molecular complexity index is 495. The molecule has 1 aromatic carbocycles. The van der Waals surface area contributed by atoms with Crippen LogP contribution in [0.15, 0.2) is 30.3 Å². The van der Waals surface area contributed by atoms with Crippen LogP contribution in [-0.4, -0.2) is 18.4 Å². The van der Waals surface area contributed by atoms with Gasteiger partial charge in [-0.25, -0.2) is 4.79 Å². The lowest BCUT2D eigenvalue weighted by Gasteiger charge is -2.01. The first-order valence-corrected chi connectivity index (χ1v) is 5.54. The van der Waals surface area contributed by atoms with Gasteiger partial charge in [-0.3, -0.25) is 4.79 Å². The highest BCUT2D eigenvalue weighted by Gasteiger charge is 2.16. The van der Waals surface area contributed by atoms with Crippen LogP contribution in [0.2, 0.25) is 0 Å². The lowest BCUT2D eigenvalue weighted by atomic mass is 10.1. The molecule has 0 heterocycles. The van der Waals surface area contributed by atoms with Crippen molar-refractivity contribution in [2.75, 3.05) is 6.61 Å². The normalized spacial score (nSPS) is 10.0. The number of carbonyl (C=O) groups excluding carboxylic acids is 2. The third kappa shape index (κ3) is 3.87. The molecule has 1 rings (SSSR count). The monoisotopic (exact) mass is 243 g/mol. The Balaban J connectivity index is 2.74. The molecular weight excluding hydrogens is 230 g/mol. The molecule has 1 aromatic rings. The zero-order chi connectivity index (χ0) is 13.4. The quantitative estimate of drug-likeness (QED) is 0.452. The molecule has 4 nitrogen and oxygen atoms in total. The molecule has 0 aliphatic heterocycles. The second-order valence-corrected chi connectivity index (χ2v) is 3.44. The summed E-state index contributed by atoms with van der Waals surface area (Å²) in [6, 6.07) is 8.53. The summed E-state index contributed by atoms with van der Waals surface area (Å²) in [4.78, 5) is 22.8. The zero-order valence-corrected chi connectivity index (χ0v) is 10.1. The SMILES string of the molecule is CCOC(=O)C(=O)c1ccc(C=CCC#N)cc1. The highest BCUT2D eigenvalue weighted by atomic mass is 16.5. The Morgan fingerprint density at radius 3 is 2.56 bits per heavy atom. The average Bonchev–Trinajstić information content (AvgIpc) is 2.39. The minimum Gasteiger partial charge on any atom is -0.460 e. The molecule has 0 aliphatic rings. The van der Waals surface area contributed by atoms with Crippen LogP contribution in [0.5, 0.6) is 0 Å². The summed E-state index contributed by atoms with van der Waals surface area (Å²) >= 11 is 0. The van der Waals surface area contributed by atoms with Crippen LogP contribution in [0.4, 0.5) is 0 Å². The molecule has 0 spiro atoms. The smallest absolute Gasteiger partial charge is 0.379 e. The van der Waals surface area contributed by atoms with Crippen molar-refractivity contribution in [1.82, 2.24) is 0 Å². The van der Waals surface area contributed by atoms with E-state index < -0.39 is 11.8 Å². The Hall–Kier alpha value is -2.41. The predicted octanol–water partition coefficient (Wildman–Crippen LogP) is 2.36. The van der Waals surface area contributed by atoms with Crippen LogP contribution in [0.1, 0.15) is 29.3 Å². The Morgan fingerprint density at radius 2 is 2.00 bits per heavy atom. The molecule has 0 amide bonds. The Morgan fingerprint density at radius 1 is 1.33 bits per heavy atom. The number of esters is 1. The van der Waals surface area contributed by atoms with Crippen molar-refractivity contribution in [1.29, 1.82) is 5.26 Å². The highest BCUT2D eigenvalue weighted by Crippen LogP contribution is 2.08. The number of ketones is 1. The molecule has 0 saturated carbocycles.